The molecule has 0 bridgehead atoms. The number of hydrogen-bond acceptors (Lipinski definition) is 3. The maximum absolute atomic E-state index is 13.5. The van der Waals surface area contributed by atoms with Crippen LogP contribution in [0.15, 0.2) is 16.4 Å². The van der Waals surface area contributed by atoms with E-state index in [4.69, 9.17) is 16.6 Å². The zero-order valence-corrected chi connectivity index (χ0v) is 10.5. The van der Waals surface area contributed by atoms with Crippen LogP contribution in [0.1, 0.15) is 33.6 Å². The van der Waals surface area contributed by atoms with Crippen LogP contribution in [0.25, 0.3) is 0 Å². The molecule has 17 heavy (non-hydrogen) atoms. The number of rotatable bonds is 6. The molecule has 5 nitrogen and oxygen atoms in total. The number of halogens is 1. The molecule has 0 saturated carbocycles. The van der Waals surface area contributed by atoms with Gasteiger partial charge in [-0.05, 0) is 39.2 Å². The fourth-order valence-corrected chi connectivity index (χ4v) is 1.02. The Hall–Kier alpha value is -1.43. The molecule has 0 rings (SSSR count). The first kappa shape index (κ1) is 15.6. The smallest absolute Gasteiger partial charge is 0.323 e. The first-order valence-electron chi connectivity index (χ1n) is 5.29. The molecular weight excluding hydrogens is 225 g/mol. The second-order valence-corrected chi connectivity index (χ2v) is 4.37. The van der Waals surface area contributed by atoms with Gasteiger partial charge in [-0.15, -0.1) is 0 Å². The summed E-state index contributed by atoms with van der Waals surface area (Å²) in [6.07, 6.45) is 0.456. The molecule has 0 aliphatic rings. The van der Waals surface area contributed by atoms with Crippen LogP contribution in [0.5, 0.6) is 0 Å². The fraction of sp³-hybridized carbons (Fsp3) is 0.636. The number of aliphatic carboxylic acids is 1. The van der Waals surface area contributed by atoms with E-state index in [0.29, 0.717) is 11.4 Å². The van der Waals surface area contributed by atoms with Gasteiger partial charge in [0.25, 0.3) is 0 Å². The van der Waals surface area contributed by atoms with Crippen molar-refractivity contribution in [3.63, 3.8) is 0 Å². The zero-order valence-electron chi connectivity index (χ0n) is 10.5. The number of hydrogen-bond donors (Lipinski definition) is 3. The van der Waals surface area contributed by atoms with Crippen molar-refractivity contribution in [2.24, 2.45) is 16.5 Å². The summed E-state index contributed by atoms with van der Waals surface area (Å²) in [6, 6.07) is 0. The highest BCUT2D eigenvalue weighted by Gasteiger charge is 2.27. The van der Waals surface area contributed by atoms with Crippen LogP contribution in [0, 0.1) is 0 Å². The Bertz CT molecular complexity index is 345. The number of amidine groups is 1. The van der Waals surface area contributed by atoms with Gasteiger partial charge in [-0.2, -0.15) is 0 Å². The van der Waals surface area contributed by atoms with E-state index in [1.807, 2.05) is 0 Å². The molecule has 0 spiro atoms. The van der Waals surface area contributed by atoms with Crippen molar-refractivity contribution in [1.82, 2.24) is 0 Å². The minimum absolute atomic E-state index is 0.109. The maximum Gasteiger partial charge on any atom is 0.323 e. The van der Waals surface area contributed by atoms with Crippen molar-refractivity contribution in [2.75, 3.05) is 6.54 Å². The molecule has 0 amide bonds. The summed E-state index contributed by atoms with van der Waals surface area (Å²) in [4.78, 5) is 14.5. The van der Waals surface area contributed by atoms with Crippen LogP contribution < -0.4 is 11.5 Å². The summed E-state index contributed by atoms with van der Waals surface area (Å²) in [7, 11) is 0. The van der Waals surface area contributed by atoms with Gasteiger partial charge in [-0.3, -0.25) is 9.79 Å². The Morgan fingerprint density at radius 1 is 1.47 bits per heavy atom. The summed E-state index contributed by atoms with van der Waals surface area (Å²) in [5.41, 5.74) is 9.94. The quantitative estimate of drug-likeness (QED) is 0.483. The van der Waals surface area contributed by atoms with Gasteiger partial charge in [0.15, 0.2) is 0 Å². The minimum atomic E-state index is -1.34. The summed E-state index contributed by atoms with van der Waals surface area (Å²) in [6.45, 7) is 4.46. The van der Waals surface area contributed by atoms with Gasteiger partial charge in [0, 0.05) is 0 Å². The summed E-state index contributed by atoms with van der Waals surface area (Å²) < 4.78 is 13.5. The molecule has 0 aromatic rings. The van der Waals surface area contributed by atoms with Crippen LogP contribution in [-0.2, 0) is 4.79 Å². The lowest BCUT2D eigenvalue weighted by molar-refractivity contribution is -0.142. The summed E-state index contributed by atoms with van der Waals surface area (Å²) in [5, 5.41) is 8.80. The zero-order chi connectivity index (χ0) is 13.6. The van der Waals surface area contributed by atoms with Crippen LogP contribution in [0.4, 0.5) is 4.39 Å². The third kappa shape index (κ3) is 6.01. The van der Waals surface area contributed by atoms with E-state index in [-0.39, 0.29) is 19.4 Å². The molecule has 0 aliphatic carbocycles. The van der Waals surface area contributed by atoms with Gasteiger partial charge in [-0.1, -0.05) is 0 Å². The molecule has 6 heteroatoms. The standard InChI is InChI=1S/C11H20FN3O2/c1-7(9(12)6-15-8(2)13)4-5-11(3,14)10(16)17/h4-6,14H2,1-3H3,(H2,13,15)(H,16,17)/b9-7-/t11-/m0/s1. The molecule has 98 valence electrons. The fourth-order valence-electron chi connectivity index (χ4n) is 1.02. The van der Waals surface area contributed by atoms with Crippen molar-refractivity contribution >= 4 is 11.8 Å². The maximum atomic E-state index is 13.5. The van der Waals surface area contributed by atoms with Gasteiger partial charge in [0.05, 0.1) is 12.4 Å². The van der Waals surface area contributed by atoms with Crippen LogP contribution in [-0.4, -0.2) is 29.0 Å². The van der Waals surface area contributed by atoms with E-state index < -0.39 is 17.3 Å². The lowest BCUT2D eigenvalue weighted by Gasteiger charge is -2.19. The first-order chi connectivity index (χ1) is 7.66. The van der Waals surface area contributed by atoms with Crippen LogP contribution >= 0.6 is 0 Å². The SMILES string of the molecule is CC(N)=NC/C(F)=C(\C)CC[C@](C)(N)C(=O)O. The van der Waals surface area contributed by atoms with Crippen molar-refractivity contribution < 1.29 is 14.3 Å². The molecule has 0 heterocycles. The van der Waals surface area contributed by atoms with E-state index in [1.54, 1.807) is 13.8 Å². The van der Waals surface area contributed by atoms with E-state index in [9.17, 15) is 9.18 Å². The normalized spacial score (nSPS) is 17.4. The second-order valence-electron chi connectivity index (χ2n) is 4.37. The molecule has 0 fully saturated rings. The Labute approximate surface area is 100 Å². The molecule has 5 N–H and O–H groups in total. The predicted octanol–water partition coefficient (Wildman–Crippen LogP) is 1.19. The van der Waals surface area contributed by atoms with Gasteiger partial charge in [0.1, 0.15) is 11.4 Å². The lowest BCUT2D eigenvalue weighted by atomic mass is 9.94. The predicted molar refractivity (Wildman–Crippen MR) is 65.4 cm³/mol. The summed E-state index contributed by atoms with van der Waals surface area (Å²) >= 11 is 0. The number of carboxylic acids is 1. The number of nitrogens with zero attached hydrogens (tertiary/aromatic N) is 1. The Morgan fingerprint density at radius 3 is 2.41 bits per heavy atom. The molecule has 0 aliphatic heterocycles. The average Bonchev–Trinajstić information content (AvgIpc) is 2.22. The number of carboxylic acid groups (broad SMARTS) is 1. The van der Waals surface area contributed by atoms with Crippen molar-refractivity contribution in [2.45, 2.75) is 39.2 Å². The van der Waals surface area contributed by atoms with Crippen molar-refractivity contribution in [1.29, 1.82) is 0 Å². The molecule has 0 unspecified atom stereocenters. The van der Waals surface area contributed by atoms with Gasteiger partial charge >= 0.3 is 5.97 Å². The van der Waals surface area contributed by atoms with E-state index in [2.05, 4.69) is 4.99 Å². The van der Waals surface area contributed by atoms with E-state index in [1.165, 1.54) is 6.92 Å². The first-order valence-corrected chi connectivity index (χ1v) is 5.29. The minimum Gasteiger partial charge on any atom is -0.480 e. The Balaban J connectivity index is 4.43. The highest BCUT2D eigenvalue weighted by Crippen LogP contribution is 2.18. The van der Waals surface area contributed by atoms with E-state index in [0.717, 1.165) is 0 Å². The molecule has 0 radical (unpaired) electrons. The number of allylic oxidation sites excluding steroid dienone is 1. The van der Waals surface area contributed by atoms with Gasteiger partial charge in [-0.25, -0.2) is 4.39 Å². The topological polar surface area (TPSA) is 102 Å². The monoisotopic (exact) mass is 245 g/mol. The molecule has 0 aromatic carbocycles. The molecular formula is C11H20FN3O2. The van der Waals surface area contributed by atoms with Crippen LogP contribution in [0.3, 0.4) is 0 Å². The van der Waals surface area contributed by atoms with Crippen molar-refractivity contribution in [3.05, 3.63) is 11.4 Å². The van der Waals surface area contributed by atoms with Crippen LogP contribution in [0.2, 0.25) is 0 Å². The van der Waals surface area contributed by atoms with Crippen molar-refractivity contribution in [3.8, 4) is 0 Å². The van der Waals surface area contributed by atoms with Gasteiger partial charge < -0.3 is 16.6 Å². The summed E-state index contributed by atoms with van der Waals surface area (Å²) in [5.74, 6) is -1.18. The largest absolute Gasteiger partial charge is 0.480 e. The highest BCUT2D eigenvalue weighted by atomic mass is 19.1. The third-order valence-electron chi connectivity index (χ3n) is 2.44. The number of aliphatic imine (C=N–C) groups is 1. The van der Waals surface area contributed by atoms with Gasteiger partial charge in [0.2, 0.25) is 0 Å². The second kappa shape index (κ2) is 6.34. The number of nitrogens with two attached hydrogens (primary N) is 2. The molecule has 0 aromatic heterocycles. The molecule has 1 atom stereocenters. The highest BCUT2D eigenvalue weighted by molar-refractivity contribution is 5.78. The average molecular weight is 245 g/mol. The Morgan fingerprint density at radius 2 is 2.00 bits per heavy atom. The number of carbonyl (C=O) groups is 1. The lowest BCUT2D eigenvalue weighted by Crippen LogP contribution is -2.44. The third-order valence-corrected chi connectivity index (χ3v) is 2.44. The molecule has 0 saturated heterocycles. The Kier molecular flexibility index (Phi) is 5.81. The van der Waals surface area contributed by atoms with E-state index >= 15 is 0 Å².